The lowest BCUT2D eigenvalue weighted by Crippen LogP contribution is -2.27. The molecule has 2 aromatic carbocycles. The fourth-order valence-electron chi connectivity index (χ4n) is 3.30. The molecule has 3 rings (SSSR count). The van der Waals surface area contributed by atoms with Crippen molar-refractivity contribution >= 4 is 17.6 Å². The topological polar surface area (TPSA) is 46.6 Å². The van der Waals surface area contributed by atoms with Crippen LogP contribution >= 0.6 is 0 Å². The predicted octanol–water partition coefficient (Wildman–Crippen LogP) is 4.47. The number of ether oxygens (including phenoxy) is 1. The van der Waals surface area contributed by atoms with E-state index in [9.17, 15) is 9.59 Å². The standard InChI is InChI=1S/C22H25NO3/c1-4-16(3)19-10-5-6-11-20(19)26-22(25)17-13-21(24)23(14-17)18-9-7-8-15(2)12-18/h5-12,16-17H,4,13-14H2,1-3H3/t16-,17-/m0/s1. The Hall–Kier alpha value is -2.62. The third-order valence-corrected chi connectivity index (χ3v) is 5.04. The number of carbonyl (C=O) groups excluding carboxylic acids is 2. The SMILES string of the molecule is CC[C@H](C)c1ccccc1OC(=O)[C@H]1CC(=O)N(c2cccc(C)c2)C1. The molecule has 1 aliphatic heterocycles. The summed E-state index contributed by atoms with van der Waals surface area (Å²) in [5.74, 6) is 0.117. The van der Waals surface area contributed by atoms with E-state index in [1.54, 1.807) is 4.90 Å². The van der Waals surface area contributed by atoms with E-state index in [-0.39, 0.29) is 18.3 Å². The molecule has 26 heavy (non-hydrogen) atoms. The first-order valence-corrected chi connectivity index (χ1v) is 9.17. The Kier molecular flexibility index (Phi) is 5.40. The molecule has 1 saturated heterocycles. The van der Waals surface area contributed by atoms with E-state index >= 15 is 0 Å². The Balaban J connectivity index is 1.73. The number of hydrogen-bond donors (Lipinski definition) is 0. The Morgan fingerprint density at radius 3 is 2.73 bits per heavy atom. The van der Waals surface area contributed by atoms with Crippen LogP contribution < -0.4 is 9.64 Å². The van der Waals surface area contributed by atoms with Crippen LogP contribution in [0.15, 0.2) is 48.5 Å². The molecule has 4 heteroatoms. The summed E-state index contributed by atoms with van der Waals surface area (Å²) in [4.78, 5) is 26.7. The lowest BCUT2D eigenvalue weighted by Gasteiger charge is -2.18. The van der Waals surface area contributed by atoms with Crippen molar-refractivity contribution < 1.29 is 14.3 Å². The molecule has 136 valence electrons. The van der Waals surface area contributed by atoms with E-state index < -0.39 is 5.92 Å². The van der Waals surface area contributed by atoms with E-state index in [2.05, 4.69) is 13.8 Å². The summed E-state index contributed by atoms with van der Waals surface area (Å²) in [6.07, 6.45) is 1.16. The second-order valence-electron chi connectivity index (χ2n) is 7.01. The summed E-state index contributed by atoms with van der Waals surface area (Å²) in [7, 11) is 0. The summed E-state index contributed by atoms with van der Waals surface area (Å²) >= 11 is 0. The Labute approximate surface area is 154 Å². The molecule has 0 unspecified atom stereocenters. The van der Waals surface area contributed by atoms with Gasteiger partial charge >= 0.3 is 5.97 Å². The van der Waals surface area contributed by atoms with Gasteiger partial charge in [0.05, 0.1) is 5.92 Å². The van der Waals surface area contributed by atoms with Crippen molar-refractivity contribution in [3.63, 3.8) is 0 Å². The molecule has 1 amide bonds. The van der Waals surface area contributed by atoms with Crippen molar-refractivity contribution in [2.75, 3.05) is 11.4 Å². The molecule has 1 fully saturated rings. The number of para-hydroxylation sites is 1. The Bertz CT molecular complexity index is 815. The van der Waals surface area contributed by atoms with Crippen molar-refractivity contribution in [2.24, 2.45) is 5.92 Å². The normalized spacial score (nSPS) is 18.0. The minimum Gasteiger partial charge on any atom is -0.426 e. The average Bonchev–Trinajstić information content (AvgIpc) is 3.03. The molecule has 4 nitrogen and oxygen atoms in total. The number of anilines is 1. The number of rotatable bonds is 5. The van der Waals surface area contributed by atoms with Crippen LogP contribution in [0, 0.1) is 12.8 Å². The van der Waals surface area contributed by atoms with E-state index in [0.29, 0.717) is 18.2 Å². The first kappa shape index (κ1) is 18.2. The largest absolute Gasteiger partial charge is 0.426 e. The highest BCUT2D eigenvalue weighted by molar-refractivity contribution is 5.99. The van der Waals surface area contributed by atoms with Crippen molar-refractivity contribution in [1.82, 2.24) is 0 Å². The van der Waals surface area contributed by atoms with E-state index in [1.165, 1.54) is 0 Å². The summed E-state index contributed by atoms with van der Waals surface area (Å²) in [6, 6.07) is 15.4. The Morgan fingerprint density at radius 2 is 2.00 bits per heavy atom. The van der Waals surface area contributed by atoms with Crippen LogP contribution in [0.3, 0.4) is 0 Å². The van der Waals surface area contributed by atoms with E-state index in [4.69, 9.17) is 4.74 Å². The van der Waals surface area contributed by atoms with Gasteiger partial charge < -0.3 is 9.64 Å². The van der Waals surface area contributed by atoms with Crippen LogP contribution in [0.1, 0.15) is 43.7 Å². The zero-order valence-electron chi connectivity index (χ0n) is 15.6. The molecule has 0 aliphatic carbocycles. The van der Waals surface area contributed by atoms with Crippen molar-refractivity contribution in [1.29, 1.82) is 0 Å². The van der Waals surface area contributed by atoms with Crippen molar-refractivity contribution in [3.05, 3.63) is 59.7 Å². The fourth-order valence-corrected chi connectivity index (χ4v) is 3.30. The van der Waals surface area contributed by atoms with Crippen molar-refractivity contribution in [2.45, 2.75) is 39.5 Å². The maximum atomic E-state index is 12.7. The molecule has 0 aromatic heterocycles. The third kappa shape index (κ3) is 3.79. The van der Waals surface area contributed by atoms with Gasteiger partial charge in [0.2, 0.25) is 5.91 Å². The maximum absolute atomic E-state index is 12.7. The van der Waals surface area contributed by atoms with Crippen LogP contribution in [0.25, 0.3) is 0 Å². The van der Waals surface area contributed by atoms with Crippen molar-refractivity contribution in [3.8, 4) is 5.75 Å². The Morgan fingerprint density at radius 1 is 1.23 bits per heavy atom. The summed E-state index contributed by atoms with van der Waals surface area (Å²) in [5, 5.41) is 0. The molecule has 0 spiro atoms. The van der Waals surface area contributed by atoms with Gasteiger partial charge in [0.25, 0.3) is 0 Å². The van der Waals surface area contributed by atoms with Crippen LogP contribution in [-0.2, 0) is 9.59 Å². The van der Waals surface area contributed by atoms with Gasteiger partial charge in [0, 0.05) is 18.7 Å². The molecule has 2 atom stereocenters. The maximum Gasteiger partial charge on any atom is 0.316 e. The molecular formula is C22H25NO3. The molecule has 0 bridgehead atoms. The summed E-state index contributed by atoms with van der Waals surface area (Å²) < 4.78 is 5.69. The van der Waals surface area contributed by atoms with Crippen LogP contribution in [0.5, 0.6) is 5.75 Å². The van der Waals surface area contributed by atoms with Crippen LogP contribution in [0.2, 0.25) is 0 Å². The smallest absolute Gasteiger partial charge is 0.316 e. The third-order valence-electron chi connectivity index (χ3n) is 5.04. The zero-order valence-corrected chi connectivity index (χ0v) is 15.6. The number of esters is 1. The minimum atomic E-state index is -0.437. The van der Waals surface area contributed by atoms with Crippen LogP contribution in [-0.4, -0.2) is 18.4 Å². The molecular weight excluding hydrogens is 326 g/mol. The second-order valence-corrected chi connectivity index (χ2v) is 7.01. The first-order valence-electron chi connectivity index (χ1n) is 9.17. The van der Waals surface area contributed by atoms with E-state index in [1.807, 2.05) is 55.5 Å². The van der Waals surface area contributed by atoms with Gasteiger partial charge in [-0.3, -0.25) is 9.59 Å². The fraction of sp³-hybridized carbons (Fsp3) is 0.364. The number of carbonyl (C=O) groups is 2. The molecule has 0 N–H and O–H groups in total. The monoisotopic (exact) mass is 351 g/mol. The lowest BCUT2D eigenvalue weighted by atomic mass is 9.98. The molecule has 0 radical (unpaired) electrons. The molecule has 2 aromatic rings. The second kappa shape index (κ2) is 7.73. The van der Waals surface area contributed by atoms with E-state index in [0.717, 1.165) is 23.2 Å². The first-order chi connectivity index (χ1) is 12.5. The highest BCUT2D eigenvalue weighted by atomic mass is 16.5. The highest BCUT2D eigenvalue weighted by Crippen LogP contribution is 2.31. The van der Waals surface area contributed by atoms with Gasteiger partial charge in [0.15, 0.2) is 0 Å². The highest BCUT2D eigenvalue weighted by Gasteiger charge is 2.36. The lowest BCUT2D eigenvalue weighted by molar-refractivity contribution is -0.139. The number of aryl methyl sites for hydroxylation is 1. The van der Waals surface area contributed by atoms with Gasteiger partial charge in [0.1, 0.15) is 5.75 Å². The zero-order chi connectivity index (χ0) is 18.7. The van der Waals surface area contributed by atoms with Gasteiger partial charge in [-0.1, -0.05) is 44.2 Å². The van der Waals surface area contributed by atoms with Gasteiger partial charge in [-0.15, -0.1) is 0 Å². The van der Waals surface area contributed by atoms with Gasteiger partial charge in [-0.25, -0.2) is 0 Å². The average molecular weight is 351 g/mol. The summed E-state index contributed by atoms with van der Waals surface area (Å²) in [5.41, 5.74) is 2.96. The number of benzene rings is 2. The molecule has 1 aliphatic rings. The number of nitrogens with zero attached hydrogens (tertiary/aromatic N) is 1. The predicted molar refractivity (Wildman–Crippen MR) is 102 cm³/mol. The minimum absolute atomic E-state index is 0.0345. The molecule has 0 saturated carbocycles. The molecule has 1 heterocycles. The number of hydrogen-bond acceptors (Lipinski definition) is 3. The summed E-state index contributed by atoms with van der Waals surface area (Å²) in [6.45, 7) is 6.58. The van der Waals surface area contributed by atoms with Crippen LogP contribution in [0.4, 0.5) is 5.69 Å². The number of amides is 1. The van der Waals surface area contributed by atoms with Gasteiger partial charge in [-0.2, -0.15) is 0 Å². The van der Waals surface area contributed by atoms with Gasteiger partial charge in [-0.05, 0) is 48.6 Å². The quantitative estimate of drug-likeness (QED) is 0.590.